The van der Waals surface area contributed by atoms with Crippen molar-refractivity contribution in [3.05, 3.63) is 18.0 Å². The topological polar surface area (TPSA) is 61.0 Å². The van der Waals surface area contributed by atoms with Crippen LogP contribution < -0.4 is 5.32 Å². The second-order valence-electron chi connectivity index (χ2n) is 6.01. The molecule has 1 aromatic rings. The van der Waals surface area contributed by atoms with E-state index in [1.54, 1.807) is 6.20 Å². The van der Waals surface area contributed by atoms with Crippen molar-refractivity contribution in [3.8, 4) is 0 Å². The van der Waals surface area contributed by atoms with Gasteiger partial charge in [-0.2, -0.15) is 5.10 Å². The van der Waals surface area contributed by atoms with E-state index in [-0.39, 0.29) is 11.5 Å². The van der Waals surface area contributed by atoms with E-state index in [1.807, 2.05) is 4.90 Å². The molecule has 5 heteroatoms. The number of aromatic amines is 1. The minimum atomic E-state index is 0.0662. The summed E-state index contributed by atoms with van der Waals surface area (Å²) in [5.74, 6) is 0.296. The molecule has 19 heavy (non-hydrogen) atoms. The molecule has 0 spiro atoms. The number of amides is 1. The van der Waals surface area contributed by atoms with Gasteiger partial charge in [-0.15, -0.1) is 0 Å². The summed E-state index contributed by atoms with van der Waals surface area (Å²) in [4.78, 5) is 14.4. The Morgan fingerprint density at radius 3 is 2.84 bits per heavy atom. The monoisotopic (exact) mass is 262 g/mol. The lowest BCUT2D eigenvalue weighted by molar-refractivity contribution is -0.134. The van der Waals surface area contributed by atoms with E-state index < -0.39 is 0 Å². The van der Waals surface area contributed by atoms with Crippen LogP contribution in [0.5, 0.6) is 0 Å². The minimum Gasteiger partial charge on any atom is -0.341 e. The van der Waals surface area contributed by atoms with E-state index in [0.29, 0.717) is 5.91 Å². The summed E-state index contributed by atoms with van der Waals surface area (Å²) in [6.45, 7) is 4.95. The van der Waals surface area contributed by atoms with Crippen LogP contribution >= 0.6 is 0 Å². The summed E-state index contributed by atoms with van der Waals surface area (Å²) in [6.07, 6.45) is 5.94. The van der Waals surface area contributed by atoms with Crippen LogP contribution in [0.15, 0.2) is 12.3 Å². The molecule has 3 heterocycles. The van der Waals surface area contributed by atoms with E-state index >= 15 is 0 Å². The van der Waals surface area contributed by atoms with Gasteiger partial charge >= 0.3 is 0 Å². The zero-order valence-electron chi connectivity index (χ0n) is 11.5. The molecule has 1 aromatic heterocycles. The quantitative estimate of drug-likeness (QED) is 0.837. The van der Waals surface area contributed by atoms with Crippen LogP contribution in [0.25, 0.3) is 0 Å². The van der Waals surface area contributed by atoms with Crippen molar-refractivity contribution in [1.29, 1.82) is 0 Å². The Morgan fingerprint density at radius 1 is 1.47 bits per heavy atom. The van der Waals surface area contributed by atoms with E-state index in [1.165, 1.54) is 5.69 Å². The fraction of sp³-hybridized carbons (Fsp3) is 0.714. The van der Waals surface area contributed by atoms with E-state index in [2.05, 4.69) is 28.5 Å². The standard InChI is InChI=1S/C14H22N4O/c1-14(12-4-8-16-17-12)5-9-18(10-6-14)13(19)11-3-2-7-15-11/h4,8,11,15H,2-3,5-7,9-10H2,1H3,(H,16,17). The Bertz CT molecular complexity index is 428. The van der Waals surface area contributed by atoms with Crippen LogP contribution in [-0.2, 0) is 10.2 Å². The lowest BCUT2D eigenvalue weighted by atomic mass is 9.77. The smallest absolute Gasteiger partial charge is 0.239 e. The van der Waals surface area contributed by atoms with Gasteiger partial charge in [0, 0.05) is 30.4 Å². The van der Waals surface area contributed by atoms with Crippen LogP contribution in [0.3, 0.4) is 0 Å². The molecule has 0 aromatic carbocycles. The molecule has 1 atom stereocenters. The summed E-state index contributed by atoms with van der Waals surface area (Å²) in [7, 11) is 0. The van der Waals surface area contributed by atoms with Crippen LogP contribution in [0, 0.1) is 0 Å². The van der Waals surface area contributed by atoms with Crippen molar-refractivity contribution < 1.29 is 4.79 Å². The lowest BCUT2D eigenvalue weighted by Crippen LogP contribution is -2.49. The molecule has 0 bridgehead atoms. The normalized spacial score (nSPS) is 26.6. The third-order valence-corrected chi connectivity index (χ3v) is 4.69. The highest BCUT2D eigenvalue weighted by Gasteiger charge is 2.36. The molecule has 2 saturated heterocycles. The number of H-pyrrole nitrogens is 1. The van der Waals surface area contributed by atoms with Crippen LogP contribution in [-0.4, -0.2) is 46.7 Å². The summed E-state index contributed by atoms with van der Waals surface area (Å²) >= 11 is 0. The molecule has 3 rings (SSSR count). The molecule has 1 amide bonds. The molecule has 2 fully saturated rings. The summed E-state index contributed by atoms with van der Waals surface area (Å²) in [5.41, 5.74) is 1.33. The molecule has 0 radical (unpaired) electrons. The average Bonchev–Trinajstić information content (AvgIpc) is 3.12. The Kier molecular flexibility index (Phi) is 3.31. The van der Waals surface area contributed by atoms with Gasteiger partial charge in [0.25, 0.3) is 0 Å². The first-order chi connectivity index (χ1) is 9.19. The SMILES string of the molecule is CC1(c2ccn[nH]2)CCN(C(=O)C2CCCN2)CC1. The average molecular weight is 262 g/mol. The maximum atomic E-state index is 12.3. The maximum absolute atomic E-state index is 12.3. The predicted molar refractivity (Wildman–Crippen MR) is 72.8 cm³/mol. The summed E-state index contributed by atoms with van der Waals surface area (Å²) in [6, 6.07) is 2.12. The van der Waals surface area contributed by atoms with Crippen LogP contribution in [0.4, 0.5) is 0 Å². The minimum absolute atomic E-state index is 0.0662. The van der Waals surface area contributed by atoms with E-state index in [9.17, 15) is 4.79 Å². The first-order valence-corrected chi connectivity index (χ1v) is 7.21. The molecule has 2 aliphatic rings. The highest BCUT2D eigenvalue weighted by molar-refractivity contribution is 5.82. The Morgan fingerprint density at radius 2 is 2.26 bits per heavy atom. The molecular formula is C14H22N4O. The highest BCUT2D eigenvalue weighted by atomic mass is 16.2. The molecular weight excluding hydrogens is 240 g/mol. The van der Waals surface area contributed by atoms with Crippen LogP contribution in [0.2, 0.25) is 0 Å². The summed E-state index contributed by atoms with van der Waals surface area (Å²) < 4.78 is 0. The van der Waals surface area contributed by atoms with Crippen LogP contribution in [0.1, 0.15) is 38.3 Å². The van der Waals surface area contributed by atoms with Gasteiger partial charge in [0.1, 0.15) is 0 Å². The number of piperidine rings is 1. The number of rotatable bonds is 2. The molecule has 2 aliphatic heterocycles. The van der Waals surface area contributed by atoms with Gasteiger partial charge < -0.3 is 10.2 Å². The third kappa shape index (κ3) is 2.39. The predicted octanol–water partition coefficient (Wildman–Crippen LogP) is 1.04. The number of hydrogen-bond donors (Lipinski definition) is 2. The Labute approximate surface area is 113 Å². The van der Waals surface area contributed by atoms with Crippen molar-refractivity contribution >= 4 is 5.91 Å². The van der Waals surface area contributed by atoms with Crippen molar-refractivity contribution in [1.82, 2.24) is 20.4 Å². The second-order valence-corrected chi connectivity index (χ2v) is 6.01. The Balaban J connectivity index is 1.61. The fourth-order valence-corrected chi connectivity index (χ4v) is 3.20. The maximum Gasteiger partial charge on any atom is 0.239 e. The Hall–Kier alpha value is -1.36. The highest BCUT2D eigenvalue weighted by Crippen LogP contribution is 2.33. The molecule has 2 N–H and O–H groups in total. The fourth-order valence-electron chi connectivity index (χ4n) is 3.20. The molecule has 0 aliphatic carbocycles. The zero-order valence-corrected chi connectivity index (χ0v) is 11.5. The number of aromatic nitrogens is 2. The van der Waals surface area contributed by atoms with E-state index in [0.717, 1.165) is 45.3 Å². The molecule has 1 unspecified atom stereocenters. The van der Waals surface area contributed by atoms with Gasteiger partial charge in [0.05, 0.1) is 6.04 Å². The number of nitrogens with one attached hydrogen (secondary N) is 2. The van der Waals surface area contributed by atoms with Crippen molar-refractivity contribution in [3.63, 3.8) is 0 Å². The lowest BCUT2D eigenvalue weighted by Gasteiger charge is -2.39. The first-order valence-electron chi connectivity index (χ1n) is 7.21. The van der Waals surface area contributed by atoms with E-state index in [4.69, 9.17) is 0 Å². The van der Waals surface area contributed by atoms with Crippen molar-refractivity contribution in [2.75, 3.05) is 19.6 Å². The largest absolute Gasteiger partial charge is 0.341 e. The van der Waals surface area contributed by atoms with Gasteiger partial charge in [-0.25, -0.2) is 0 Å². The second kappa shape index (κ2) is 4.96. The van der Waals surface area contributed by atoms with Gasteiger partial charge in [0.2, 0.25) is 5.91 Å². The number of likely N-dealkylation sites (tertiary alicyclic amines) is 1. The molecule has 104 valence electrons. The van der Waals surface area contributed by atoms with Gasteiger partial charge in [-0.1, -0.05) is 6.92 Å². The zero-order chi connectivity index (χ0) is 13.3. The molecule has 5 nitrogen and oxygen atoms in total. The van der Waals surface area contributed by atoms with Crippen molar-refractivity contribution in [2.45, 2.75) is 44.1 Å². The third-order valence-electron chi connectivity index (χ3n) is 4.69. The van der Waals surface area contributed by atoms with Gasteiger partial charge in [0.15, 0.2) is 0 Å². The van der Waals surface area contributed by atoms with Crippen molar-refractivity contribution in [2.24, 2.45) is 0 Å². The summed E-state index contributed by atoms with van der Waals surface area (Å²) in [5, 5.41) is 10.4. The first kappa shape index (κ1) is 12.7. The number of nitrogens with zero attached hydrogens (tertiary/aromatic N) is 2. The van der Waals surface area contributed by atoms with Gasteiger partial charge in [-0.05, 0) is 38.3 Å². The number of hydrogen-bond acceptors (Lipinski definition) is 3. The number of carbonyl (C=O) groups excluding carboxylic acids is 1. The number of carbonyl (C=O) groups is 1. The van der Waals surface area contributed by atoms with Gasteiger partial charge in [-0.3, -0.25) is 9.89 Å². The molecule has 0 saturated carbocycles.